The quantitative estimate of drug-likeness (QED) is 0.719. The number of ether oxygens (including phenoxy) is 2. The van der Waals surface area contributed by atoms with Crippen molar-refractivity contribution in [3.05, 3.63) is 23.8 Å². The van der Waals surface area contributed by atoms with Gasteiger partial charge in [0.05, 0.1) is 14.2 Å². The molecule has 1 atom stereocenters. The van der Waals surface area contributed by atoms with Gasteiger partial charge in [-0.2, -0.15) is 0 Å². The van der Waals surface area contributed by atoms with Gasteiger partial charge >= 0.3 is 0 Å². The summed E-state index contributed by atoms with van der Waals surface area (Å²) in [7, 11) is 3.34. The third kappa shape index (κ3) is 5.21. The van der Waals surface area contributed by atoms with Crippen molar-refractivity contribution in [2.75, 3.05) is 40.4 Å². The van der Waals surface area contributed by atoms with E-state index in [1.807, 2.05) is 6.07 Å². The second kappa shape index (κ2) is 9.64. The molecule has 120 valence electrons. The zero-order valence-corrected chi connectivity index (χ0v) is 14.1. The fraction of sp³-hybridized carbons (Fsp3) is 0.647. The van der Waals surface area contributed by atoms with Crippen molar-refractivity contribution in [1.29, 1.82) is 0 Å². The molecule has 1 N–H and O–H groups in total. The van der Waals surface area contributed by atoms with Gasteiger partial charge in [0.1, 0.15) is 0 Å². The number of nitrogens with one attached hydrogen (secondary N) is 1. The first kappa shape index (κ1) is 17.8. The summed E-state index contributed by atoms with van der Waals surface area (Å²) in [5.74, 6) is 1.57. The smallest absolute Gasteiger partial charge is 0.161 e. The Hall–Kier alpha value is -1.26. The van der Waals surface area contributed by atoms with Crippen LogP contribution < -0.4 is 14.8 Å². The molecule has 0 heterocycles. The van der Waals surface area contributed by atoms with Crippen LogP contribution in [0.25, 0.3) is 0 Å². The summed E-state index contributed by atoms with van der Waals surface area (Å²) in [5.41, 5.74) is 1.25. The average molecular weight is 294 g/mol. The highest BCUT2D eigenvalue weighted by atomic mass is 16.5. The highest BCUT2D eigenvalue weighted by molar-refractivity contribution is 5.43. The van der Waals surface area contributed by atoms with Crippen molar-refractivity contribution in [2.45, 2.75) is 33.2 Å². The summed E-state index contributed by atoms with van der Waals surface area (Å²) in [4.78, 5) is 2.42. The SMILES string of the molecule is CCC(NCCN(CC)CC)c1ccc(OC)c(OC)c1. The molecule has 0 aliphatic heterocycles. The minimum Gasteiger partial charge on any atom is -0.493 e. The molecule has 0 amide bonds. The van der Waals surface area contributed by atoms with E-state index in [0.717, 1.165) is 44.1 Å². The molecule has 0 aromatic heterocycles. The van der Waals surface area contributed by atoms with Gasteiger partial charge in [-0.15, -0.1) is 0 Å². The van der Waals surface area contributed by atoms with E-state index in [0.29, 0.717) is 6.04 Å². The van der Waals surface area contributed by atoms with E-state index >= 15 is 0 Å². The van der Waals surface area contributed by atoms with Crippen LogP contribution in [0.15, 0.2) is 18.2 Å². The molecule has 1 aromatic rings. The van der Waals surface area contributed by atoms with E-state index in [9.17, 15) is 0 Å². The number of hydrogen-bond acceptors (Lipinski definition) is 4. The van der Waals surface area contributed by atoms with Crippen LogP contribution in [0.1, 0.15) is 38.8 Å². The second-order valence-corrected chi connectivity index (χ2v) is 5.06. The van der Waals surface area contributed by atoms with Crippen molar-refractivity contribution < 1.29 is 9.47 Å². The largest absolute Gasteiger partial charge is 0.493 e. The third-order valence-electron chi connectivity index (χ3n) is 3.93. The van der Waals surface area contributed by atoms with Crippen molar-refractivity contribution in [2.24, 2.45) is 0 Å². The van der Waals surface area contributed by atoms with Gasteiger partial charge < -0.3 is 19.7 Å². The van der Waals surface area contributed by atoms with E-state index < -0.39 is 0 Å². The van der Waals surface area contributed by atoms with Gasteiger partial charge in [0, 0.05) is 19.1 Å². The molecule has 0 aliphatic rings. The highest BCUT2D eigenvalue weighted by Gasteiger charge is 2.12. The molecule has 1 aromatic carbocycles. The fourth-order valence-corrected chi connectivity index (χ4v) is 2.50. The third-order valence-corrected chi connectivity index (χ3v) is 3.93. The van der Waals surface area contributed by atoms with Gasteiger partial charge in [-0.3, -0.25) is 0 Å². The zero-order chi connectivity index (χ0) is 15.7. The van der Waals surface area contributed by atoms with Gasteiger partial charge in [0.2, 0.25) is 0 Å². The van der Waals surface area contributed by atoms with Gasteiger partial charge in [-0.25, -0.2) is 0 Å². The first-order valence-electron chi connectivity index (χ1n) is 7.87. The predicted molar refractivity (Wildman–Crippen MR) is 88.4 cm³/mol. The lowest BCUT2D eigenvalue weighted by molar-refractivity contribution is 0.295. The standard InChI is InChI=1S/C17H30N2O2/c1-6-15(18-11-12-19(7-2)8-3)14-9-10-16(20-4)17(13-14)21-5/h9-10,13,15,18H,6-8,11-12H2,1-5H3. The normalized spacial score (nSPS) is 12.5. The summed E-state index contributed by atoms with van der Waals surface area (Å²) in [6.07, 6.45) is 1.05. The number of benzene rings is 1. The maximum absolute atomic E-state index is 5.39. The Morgan fingerprint density at radius 2 is 1.71 bits per heavy atom. The molecule has 1 unspecified atom stereocenters. The van der Waals surface area contributed by atoms with Crippen LogP contribution in [0, 0.1) is 0 Å². The summed E-state index contributed by atoms with van der Waals surface area (Å²) in [6, 6.07) is 6.50. The minimum absolute atomic E-state index is 0.348. The molecule has 21 heavy (non-hydrogen) atoms. The van der Waals surface area contributed by atoms with E-state index in [1.54, 1.807) is 14.2 Å². The summed E-state index contributed by atoms with van der Waals surface area (Å²) < 4.78 is 10.7. The van der Waals surface area contributed by atoms with Crippen LogP contribution in [0.5, 0.6) is 11.5 Å². The Morgan fingerprint density at radius 1 is 1.05 bits per heavy atom. The Bertz CT molecular complexity index is 406. The number of hydrogen-bond donors (Lipinski definition) is 1. The molecule has 0 fully saturated rings. The number of nitrogens with zero attached hydrogens (tertiary/aromatic N) is 1. The maximum Gasteiger partial charge on any atom is 0.161 e. The number of rotatable bonds is 10. The van der Waals surface area contributed by atoms with Gasteiger partial charge in [0.15, 0.2) is 11.5 Å². The molecule has 4 nitrogen and oxygen atoms in total. The molecule has 0 bridgehead atoms. The van der Waals surface area contributed by atoms with Crippen molar-refractivity contribution >= 4 is 0 Å². The van der Waals surface area contributed by atoms with Crippen molar-refractivity contribution in [1.82, 2.24) is 10.2 Å². The molecule has 0 spiro atoms. The number of methoxy groups -OCH3 is 2. The predicted octanol–water partition coefficient (Wildman–Crippen LogP) is 3.09. The lowest BCUT2D eigenvalue weighted by atomic mass is 10.0. The van der Waals surface area contributed by atoms with Crippen LogP contribution in [0.2, 0.25) is 0 Å². The first-order chi connectivity index (χ1) is 10.2. The molecular formula is C17H30N2O2. The Labute approximate surface area is 129 Å². The van der Waals surface area contributed by atoms with Crippen LogP contribution in [0.3, 0.4) is 0 Å². The Kier molecular flexibility index (Phi) is 8.16. The van der Waals surface area contributed by atoms with Gasteiger partial charge in [0.25, 0.3) is 0 Å². The molecule has 0 aliphatic carbocycles. The lowest BCUT2D eigenvalue weighted by Gasteiger charge is -2.22. The number of likely N-dealkylation sites (N-methyl/N-ethyl adjacent to an activating group) is 1. The van der Waals surface area contributed by atoms with E-state index in [2.05, 4.69) is 43.1 Å². The molecule has 0 radical (unpaired) electrons. The second-order valence-electron chi connectivity index (χ2n) is 5.06. The van der Waals surface area contributed by atoms with Crippen LogP contribution in [0.4, 0.5) is 0 Å². The summed E-state index contributed by atoms with van der Waals surface area (Å²) in [6.45, 7) is 10.9. The van der Waals surface area contributed by atoms with Crippen LogP contribution >= 0.6 is 0 Å². The zero-order valence-electron chi connectivity index (χ0n) is 14.1. The van der Waals surface area contributed by atoms with E-state index in [1.165, 1.54) is 5.56 Å². The van der Waals surface area contributed by atoms with Gasteiger partial charge in [-0.1, -0.05) is 26.8 Å². The van der Waals surface area contributed by atoms with Crippen molar-refractivity contribution in [3.63, 3.8) is 0 Å². The summed E-state index contributed by atoms with van der Waals surface area (Å²) >= 11 is 0. The molecular weight excluding hydrogens is 264 g/mol. The monoisotopic (exact) mass is 294 g/mol. The molecule has 0 saturated carbocycles. The Balaban J connectivity index is 2.67. The minimum atomic E-state index is 0.348. The molecule has 1 rings (SSSR count). The lowest BCUT2D eigenvalue weighted by Crippen LogP contribution is -2.33. The van der Waals surface area contributed by atoms with Crippen LogP contribution in [-0.2, 0) is 0 Å². The van der Waals surface area contributed by atoms with Crippen LogP contribution in [-0.4, -0.2) is 45.3 Å². The summed E-state index contributed by atoms with van der Waals surface area (Å²) in [5, 5.41) is 3.64. The maximum atomic E-state index is 5.39. The van der Waals surface area contributed by atoms with Gasteiger partial charge in [-0.05, 0) is 37.2 Å². The highest BCUT2D eigenvalue weighted by Crippen LogP contribution is 2.30. The average Bonchev–Trinajstić information content (AvgIpc) is 2.54. The van der Waals surface area contributed by atoms with Crippen molar-refractivity contribution in [3.8, 4) is 11.5 Å². The van der Waals surface area contributed by atoms with E-state index in [4.69, 9.17) is 9.47 Å². The topological polar surface area (TPSA) is 33.7 Å². The first-order valence-corrected chi connectivity index (χ1v) is 7.87. The Morgan fingerprint density at radius 3 is 2.24 bits per heavy atom. The van der Waals surface area contributed by atoms with E-state index in [-0.39, 0.29) is 0 Å². The molecule has 0 saturated heterocycles. The molecule has 4 heteroatoms. The fourth-order valence-electron chi connectivity index (χ4n) is 2.50.